The number of nitrogens with zero attached hydrogens (tertiary/aromatic N) is 2. The van der Waals surface area contributed by atoms with Crippen LogP contribution in [0, 0.1) is 5.92 Å². The van der Waals surface area contributed by atoms with E-state index in [1.54, 1.807) is 7.11 Å². The molecule has 1 atom stereocenters. The van der Waals surface area contributed by atoms with Crippen LogP contribution >= 0.6 is 0 Å². The highest BCUT2D eigenvalue weighted by molar-refractivity contribution is 5.96. The molecular weight excluding hydrogens is 410 g/mol. The number of amides is 1. The average Bonchev–Trinajstić information content (AvgIpc) is 2.72. The normalized spacial score (nSPS) is 12.1. The minimum Gasteiger partial charge on any atom is -0.497 e. The maximum atomic E-state index is 13.3. The Morgan fingerprint density at radius 1 is 1.31 bits per heavy atom. The Morgan fingerprint density at radius 2 is 2.03 bits per heavy atom. The van der Waals surface area contributed by atoms with E-state index in [1.807, 2.05) is 52.1 Å². The van der Waals surface area contributed by atoms with E-state index in [0.29, 0.717) is 19.6 Å². The van der Waals surface area contributed by atoms with Gasteiger partial charge >= 0.3 is 5.69 Å². The zero-order valence-corrected chi connectivity index (χ0v) is 19.7. The summed E-state index contributed by atoms with van der Waals surface area (Å²) in [6.45, 7) is 7.41. The highest BCUT2D eigenvalue weighted by Gasteiger charge is 2.27. The van der Waals surface area contributed by atoms with Gasteiger partial charge in [-0.1, -0.05) is 39.3 Å². The minimum atomic E-state index is -0.639. The van der Waals surface area contributed by atoms with Crippen LogP contribution in [-0.4, -0.2) is 42.7 Å². The zero-order chi connectivity index (χ0) is 23.8. The summed E-state index contributed by atoms with van der Waals surface area (Å²) >= 11 is 0. The number of hydrogen-bond donors (Lipinski definition) is 3. The molecule has 0 radical (unpaired) electrons. The lowest BCUT2D eigenvalue weighted by molar-refractivity contribution is -0.885. The van der Waals surface area contributed by atoms with Crippen molar-refractivity contribution < 1.29 is 14.4 Å². The number of unbranched alkanes of at least 4 members (excludes halogenated alkanes) is 1. The molecule has 1 heterocycles. The number of aromatic nitrogens is 2. The predicted molar refractivity (Wildman–Crippen MR) is 126 cm³/mol. The number of methoxy groups -OCH3 is 1. The number of anilines is 2. The van der Waals surface area contributed by atoms with E-state index in [9.17, 15) is 14.4 Å². The Balaban J connectivity index is 2.32. The molecule has 2 aromatic rings. The first kappa shape index (κ1) is 25.2. The summed E-state index contributed by atoms with van der Waals surface area (Å²) in [7, 11) is 3.53. The molecule has 0 aliphatic heterocycles. The van der Waals surface area contributed by atoms with Crippen molar-refractivity contribution in [2.24, 2.45) is 5.92 Å². The summed E-state index contributed by atoms with van der Waals surface area (Å²) in [6, 6.07) is 7.70. The van der Waals surface area contributed by atoms with Crippen LogP contribution in [0.25, 0.3) is 0 Å². The van der Waals surface area contributed by atoms with Crippen LogP contribution in [0.4, 0.5) is 11.5 Å². The summed E-state index contributed by atoms with van der Waals surface area (Å²) in [6.07, 6.45) is 1.61. The van der Waals surface area contributed by atoms with Crippen molar-refractivity contribution in [3.63, 3.8) is 0 Å². The number of benzene rings is 1. The number of carbonyl (C=O) groups excluding carboxylic acids is 1. The monoisotopic (exact) mass is 446 g/mol. The number of carbonyl (C=O) groups is 1. The molecule has 0 saturated heterocycles. The molecular formula is C23H36N5O4+. The van der Waals surface area contributed by atoms with Gasteiger partial charge in [-0.15, -0.1) is 0 Å². The predicted octanol–water partition coefficient (Wildman–Crippen LogP) is 0.631. The largest absolute Gasteiger partial charge is 0.497 e. The third-order valence-electron chi connectivity index (χ3n) is 5.16. The van der Waals surface area contributed by atoms with E-state index in [1.165, 1.54) is 9.47 Å². The van der Waals surface area contributed by atoms with Gasteiger partial charge in [0.05, 0.1) is 14.2 Å². The second-order valence-electron chi connectivity index (χ2n) is 8.56. The van der Waals surface area contributed by atoms with Gasteiger partial charge in [0.2, 0.25) is 0 Å². The van der Waals surface area contributed by atoms with Crippen molar-refractivity contribution in [3.05, 3.63) is 50.7 Å². The van der Waals surface area contributed by atoms with Gasteiger partial charge in [-0.25, -0.2) is 4.79 Å². The van der Waals surface area contributed by atoms with E-state index >= 15 is 0 Å². The van der Waals surface area contributed by atoms with Crippen LogP contribution in [0.1, 0.15) is 39.2 Å². The molecule has 0 aliphatic rings. The van der Waals surface area contributed by atoms with Crippen molar-refractivity contribution >= 4 is 17.4 Å². The third-order valence-corrected chi connectivity index (χ3v) is 5.16. The first-order chi connectivity index (χ1) is 15.2. The Hall–Kier alpha value is -3.07. The number of nitrogens with two attached hydrogens (primary N) is 1. The quantitative estimate of drug-likeness (QED) is 0.468. The van der Waals surface area contributed by atoms with Crippen molar-refractivity contribution in [1.82, 2.24) is 9.55 Å². The molecule has 2 rings (SSSR count). The lowest BCUT2D eigenvalue weighted by Crippen LogP contribution is -3.09. The third kappa shape index (κ3) is 6.46. The van der Waals surface area contributed by atoms with Gasteiger partial charge < -0.3 is 15.4 Å². The fourth-order valence-electron chi connectivity index (χ4n) is 3.61. The summed E-state index contributed by atoms with van der Waals surface area (Å²) in [5.41, 5.74) is 6.15. The molecule has 9 nitrogen and oxygen atoms in total. The number of likely N-dealkylation sites (N-methyl/N-ethyl adjacent to an activating group) is 1. The molecule has 1 aromatic heterocycles. The summed E-state index contributed by atoms with van der Waals surface area (Å²) in [5.74, 6) is 0.674. The fourth-order valence-corrected chi connectivity index (χ4v) is 3.61. The molecule has 0 bridgehead atoms. The molecule has 0 fully saturated rings. The van der Waals surface area contributed by atoms with Crippen LogP contribution in [-0.2, 0) is 17.9 Å². The molecule has 176 valence electrons. The van der Waals surface area contributed by atoms with E-state index in [2.05, 4.69) is 4.98 Å². The van der Waals surface area contributed by atoms with Crippen LogP contribution in [0.2, 0.25) is 0 Å². The summed E-state index contributed by atoms with van der Waals surface area (Å²) in [4.78, 5) is 43.0. The molecule has 4 N–H and O–H groups in total. The Morgan fingerprint density at radius 3 is 2.66 bits per heavy atom. The maximum Gasteiger partial charge on any atom is 0.330 e. The van der Waals surface area contributed by atoms with Crippen molar-refractivity contribution in [3.8, 4) is 5.75 Å². The van der Waals surface area contributed by atoms with Crippen molar-refractivity contribution in [2.45, 2.75) is 46.7 Å². The maximum absolute atomic E-state index is 13.3. The van der Waals surface area contributed by atoms with Gasteiger partial charge in [0.15, 0.2) is 12.2 Å². The number of nitrogen functional groups attached to an aromatic ring is 1. The van der Waals surface area contributed by atoms with E-state index in [-0.39, 0.29) is 29.9 Å². The van der Waals surface area contributed by atoms with Crippen molar-refractivity contribution in [1.29, 1.82) is 0 Å². The molecule has 1 aromatic carbocycles. The second kappa shape index (κ2) is 11.5. The lowest BCUT2D eigenvalue weighted by Gasteiger charge is -2.27. The highest BCUT2D eigenvalue weighted by Crippen LogP contribution is 2.18. The molecule has 1 unspecified atom stereocenters. The molecule has 1 amide bonds. The Labute approximate surface area is 188 Å². The SMILES string of the molecule is CCCCn1c(N)c(N(CC(C)C)C(=O)C[NH+](C)Cc2cccc(OC)c2)c(=O)[nH]c1=O. The first-order valence-electron chi connectivity index (χ1n) is 11.0. The van der Waals surface area contributed by atoms with E-state index in [4.69, 9.17) is 10.5 Å². The molecule has 0 aliphatic carbocycles. The standard InChI is InChI=1S/C23H35N5O4/c1-6-7-11-27-21(24)20(22(30)25-23(27)31)28(13-16(2)3)19(29)15-26(4)14-17-9-8-10-18(12-17)32-5/h8-10,12,16H,6-7,11,13-15,24H2,1-5H3,(H,25,30,31)/p+1. The van der Waals surface area contributed by atoms with Gasteiger partial charge in [-0.05, 0) is 24.5 Å². The number of rotatable bonds is 11. The lowest BCUT2D eigenvalue weighted by atomic mass is 10.2. The van der Waals surface area contributed by atoms with Gasteiger partial charge in [-0.3, -0.25) is 24.0 Å². The molecule has 0 saturated carbocycles. The topological polar surface area (TPSA) is 115 Å². The number of quaternary nitrogens is 1. The number of aromatic amines is 1. The van der Waals surface area contributed by atoms with Crippen LogP contribution in [0.3, 0.4) is 0 Å². The average molecular weight is 447 g/mol. The van der Waals surface area contributed by atoms with E-state index < -0.39 is 11.2 Å². The van der Waals surface area contributed by atoms with Crippen molar-refractivity contribution in [2.75, 3.05) is 37.9 Å². The summed E-state index contributed by atoms with van der Waals surface area (Å²) < 4.78 is 6.61. The van der Waals surface area contributed by atoms with Gasteiger partial charge in [0, 0.05) is 18.7 Å². The first-order valence-corrected chi connectivity index (χ1v) is 11.0. The fraction of sp³-hybridized carbons (Fsp3) is 0.522. The molecule has 32 heavy (non-hydrogen) atoms. The Kier molecular flexibility index (Phi) is 9.07. The summed E-state index contributed by atoms with van der Waals surface area (Å²) in [5, 5.41) is 0. The number of ether oxygens (including phenoxy) is 1. The molecule has 0 spiro atoms. The van der Waals surface area contributed by atoms with Gasteiger partial charge in [0.25, 0.3) is 11.5 Å². The number of hydrogen-bond acceptors (Lipinski definition) is 5. The zero-order valence-electron chi connectivity index (χ0n) is 19.7. The van der Waals surface area contributed by atoms with Gasteiger partial charge in [-0.2, -0.15) is 0 Å². The van der Waals surface area contributed by atoms with E-state index in [0.717, 1.165) is 29.1 Å². The highest BCUT2D eigenvalue weighted by atomic mass is 16.5. The smallest absolute Gasteiger partial charge is 0.330 e. The Bertz CT molecular complexity index is 1030. The second-order valence-corrected chi connectivity index (χ2v) is 8.56. The number of H-pyrrole nitrogens is 1. The van der Waals surface area contributed by atoms with Crippen LogP contribution in [0.15, 0.2) is 33.9 Å². The minimum absolute atomic E-state index is 0.0339. The van der Waals surface area contributed by atoms with Crippen LogP contribution in [0.5, 0.6) is 5.75 Å². The van der Waals surface area contributed by atoms with Gasteiger partial charge in [0.1, 0.15) is 18.1 Å². The number of nitrogens with one attached hydrogen (secondary N) is 2. The van der Waals surface area contributed by atoms with Crippen LogP contribution < -0.4 is 31.5 Å². The molecule has 9 heteroatoms.